The minimum Gasteiger partial charge on any atom is -0.486 e. The molecular weight excluding hydrogens is 242 g/mol. The van der Waals surface area contributed by atoms with Gasteiger partial charge in [0.2, 0.25) is 5.91 Å². The number of para-hydroxylation sites is 2. The third-order valence-electron chi connectivity index (χ3n) is 2.42. The molecule has 0 saturated carbocycles. The number of ether oxygens (including phenoxy) is 2. The predicted molar refractivity (Wildman–Crippen MR) is 64.7 cm³/mol. The van der Waals surface area contributed by atoms with Crippen molar-refractivity contribution in [2.24, 2.45) is 0 Å². The van der Waals surface area contributed by atoms with Crippen LogP contribution >= 0.6 is 11.6 Å². The summed E-state index contributed by atoms with van der Waals surface area (Å²) >= 11 is 5.47. The van der Waals surface area contributed by atoms with E-state index in [4.69, 9.17) is 21.1 Å². The van der Waals surface area contributed by atoms with Gasteiger partial charge in [-0.05, 0) is 12.1 Å². The van der Waals surface area contributed by atoms with Crippen molar-refractivity contribution in [2.75, 3.05) is 19.0 Å². The Balaban J connectivity index is 1.84. The number of alkyl halides is 1. The first-order valence-electron chi connectivity index (χ1n) is 5.50. The van der Waals surface area contributed by atoms with Crippen LogP contribution in [-0.4, -0.2) is 31.0 Å². The van der Waals surface area contributed by atoms with Crippen LogP contribution in [0.4, 0.5) is 0 Å². The lowest BCUT2D eigenvalue weighted by Crippen LogP contribution is -2.40. The smallest absolute Gasteiger partial charge is 0.221 e. The number of carbonyl (C=O) groups is 1. The molecule has 1 aromatic carbocycles. The van der Waals surface area contributed by atoms with E-state index in [1.165, 1.54) is 0 Å². The Bertz CT molecular complexity index is 397. The van der Waals surface area contributed by atoms with Crippen molar-refractivity contribution in [1.82, 2.24) is 5.32 Å². The van der Waals surface area contributed by atoms with Gasteiger partial charge in [-0.3, -0.25) is 4.79 Å². The molecular formula is C12H14ClNO3. The van der Waals surface area contributed by atoms with Crippen molar-refractivity contribution in [3.8, 4) is 11.5 Å². The molecule has 0 radical (unpaired) electrons. The Labute approximate surface area is 105 Å². The zero-order chi connectivity index (χ0) is 12.1. The fourth-order valence-corrected chi connectivity index (χ4v) is 1.74. The lowest BCUT2D eigenvalue weighted by molar-refractivity contribution is -0.121. The van der Waals surface area contributed by atoms with Gasteiger partial charge in [-0.2, -0.15) is 0 Å². The molecule has 0 aromatic heterocycles. The minimum atomic E-state index is -0.149. The summed E-state index contributed by atoms with van der Waals surface area (Å²) in [7, 11) is 0. The van der Waals surface area contributed by atoms with E-state index in [0.717, 1.165) is 11.5 Å². The second kappa shape index (κ2) is 5.77. The molecule has 4 nitrogen and oxygen atoms in total. The number of amides is 1. The number of nitrogens with one attached hydrogen (secondary N) is 1. The van der Waals surface area contributed by atoms with Crippen LogP contribution < -0.4 is 14.8 Å². The van der Waals surface area contributed by atoms with Gasteiger partial charge >= 0.3 is 0 Å². The van der Waals surface area contributed by atoms with Crippen molar-refractivity contribution in [1.29, 1.82) is 0 Å². The van der Waals surface area contributed by atoms with Crippen molar-refractivity contribution in [2.45, 2.75) is 12.5 Å². The second-order valence-electron chi connectivity index (χ2n) is 3.74. The van der Waals surface area contributed by atoms with Crippen LogP contribution in [0.25, 0.3) is 0 Å². The van der Waals surface area contributed by atoms with Gasteiger partial charge in [0.25, 0.3) is 0 Å². The quantitative estimate of drug-likeness (QED) is 0.831. The summed E-state index contributed by atoms with van der Waals surface area (Å²) in [6, 6.07) is 7.49. The Morgan fingerprint density at radius 1 is 1.41 bits per heavy atom. The van der Waals surface area contributed by atoms with Gasteiger partial charge in [0, 0.05) is 12.3 Å². The van der Waals surface area contributed by atoms with Gasteiger partial charge in [-0.15, -0.1) is 11.6 Å². The first kappa shape index (κ1) is 12.0. The fourth-order valence-electron chi connectivity index (χ4n) is 1.57. The molecule has 1 aliphatic rings. The monoisotopic (exact) mass is 255 g/mol. The average Bonchev–Trinajstić information content (AvgIpc) is 2.36. The van der Waals surface area contributed by atoms with Gasteiger partial charge in [0.05, 0.1) is 6.54 Å². The normalized spacial score (nSPS) is 17.6. The number of halogens is 1. The van der Waals surface area contributed by atoms with Crippen molar-refractivity contribution < 1.29 is 14.3 Å². The third kappa shape index (κ3) is 3.27. The summed E-state index contributed by atoms with van der Waals surface area (Å²) in [6.07, 6.45) is 0.176. The molecule has 1 aromatic rings. The third-order valence-corrected chi connectivity index (χ3v) is 2.60. The minimum absolute atomic E-state index is 0.0672. The van der Waals surface area contributed by atoms with Crippen LogP contribution in [0.2, 0.25) is 0 Å². The first-order valence-corrected chi connectivity index (χ1v) is 6.04. The van der Waals surface area contributed by atoms with E-state index in [0.29, 0.717) is 25.5 Å². The van der Waals surface area contributed by atoms with E-state index >= 15 is 0 Å². The predicted octanol–water partition coefficient (Wildman–Crippen LogP) is 1.57. The molecule has 1 aliphatic heterocycles. The molecule has 2 rings (SSSR count). The van der Waals surface area contributed by atoms with Gasteiger partial charge in [-0.1, -0.05) is 12.1 Å². The maximum atomic E-state index is 11.2. The molecule has 0 unspecified atom stereocenters. The molecule has 0 aliphatic carbocycles. The average molecular weight is 256 g/mol. The first-order chi connectivity index (χ1) is 8.29. The summed E-state index contributed by atoms with van der Waals surface area (Å²) in [5, 5.41) is 2.76. The van der Waals surface area contributed by atoms with Crippen molar-refractivity contribution >= 4 is 17.5 Å². The summed E-state index contributed by atoms with van der Waals surface area (Å²) in [5.41, 5.74) is 0. The largest absolute Gasteiger partial charge is 0.486 e. The van der Waals surface area contributed by atoms with Gasteiger partial charge in [0.1, 0.15) is 12.7 Å². The van der Waals surface area contributed by atoms with Crippen LogP contribution in [0, 0.1) is 0 Å². The van der Waals surface area contributed by atoms with Crippen LogP contribution in [0.3, 0.4) is 0 Å². The maximum absolute atomic E-state index is 11.2. The van der Waals surface area contributed by atoms with Gasteiger partial charge in [0.15, 0.2) is 11.5 Å². The van der Waals surface area contributed by atoms with Crippen molar-refractivity contribution in [3.63, 3.8) is 0 Å². The highest BCUT2D eigenvalue weighted by Gasteiger charge is 2.20. The lowest BCUT2D eigenvalue weighted by Gasteiger charge is -2.26. The SMILES string of the molecule is O=C(CCCl)NC[C@H]1COc2ccccc2O1. The maximum Gasteiger partial charge on any atom is 0.221 e. The number of rotatable bonds is 4. The summed E-state index contributed by atoms with van der Waals surface area (Å²) in [5.74, 6) is 1.73. The Hall–Kier alpha value is -1.42. The van der Waals surface area contributed by atoms with E-state index in [2.05, 4.69) is 5.32 Å². The van der Waals surface area contributed by atoms with Crippen molar-refractivity contribution in [3.05, 3.63) is 24.3 Å². The molecule has 92 valence electrons. The highest BCUT2D eigenvalue weighted by Crippen LogP contribution is 2.30. The van der Waals surface area contributed by atoms with Gasteiger partial charge < -0.3 is 14.8 Å². The Morgan fingerprint density at radius 3 is 2.94 bits per heavy atom. The highest BCUT2D eigenvalue weighted by molar-refractivity contribution is 6.18. The topological polar surface area (TPSA) is 47.6 Å². The molecule has 5 heteroatoms. The Morgan fingerprint density at radius 2 is 2.18 bits per heavy atom. The molecule has 0 saturated heterocycles. The zero-order valence-electron chi connectivity index (χ0n) is 9.32. The highest BCUT2D eigenvalue weighted by atomic mass is 35.5. The number of carbonyl (C=O) groups excluding carboxylic acids is 1. The summed E-state index contributed by atoms with van der Waals surface area (Å²) in [6.45, 7) is 0.877. The fraction of sp³-hybridized carbons (Fsp3) is 0.417. The van der Waals surface area contributed by atoms with Crippen LogP contribution in [0.5, 0.6) is 11.5 Å². The lowest BCUT2D eigenvalue weighted by atomic mass is 10.2. The van der Waals surface area contributed by atoms with E-state index in [-0.39, 0.29) is 12.0 Å². The van der Waals surface area contributed by atoms with Crippen LogP contribution in [0.1, 0.15) is 6.42 Å². The number of fused-ring (bicyclic) bond motifs is 1. The number of hydrogen-bond acceptors (Lipinski definition) is 3. The van der Waals surface area contributed by atoms with E-state index in [1.807, 2.05) is 24.3 Å². The molecule has 1 atom stereocenters. The molecule has 1 amide bonds. The standard InChI is InChI=1S/C12H14ClNO3/c13-6-5-12(15)14-7-9-8-16-10-3-1-2-4-11(10)17-9/h1-4,9H,5-8H2,(H,14,15)/t9-/m0/s1. The van der Waals surface area contributed by atoms with E-state index in [1.54, 1.807) is 0 Å². The molecule has 0 spiro atoms. The molecule has 1 N–H and O–H groups in total. The molecule has 0 fully saturated rings. The van der Waals surface area contributed by atoms with Crippen LogP contribution in [-0.2, 0) is 4.79 Å². The molecule has 0 bridgehead atoms. The molecule has 17 heavy (non-hydrogen) atoms. The number of hydrogen-bond donors (Lipinski definition) is 1. The van der Waals surface area contributed by atoms with E-state index < -0.39 is 0 Å². The summed E-state index contributed by atoms with van der Waals surface area (Å²) in [4.78, 5) is 11.2. The zero-order valence-corrected chi connectivity index (χ0v) is 10.1. The second-order valence-corrected chi connectivity index (χ2v) is 4.12. The summed E-state index contributed by atoms with van der Waals surface area (Å²) < 4.78 is 11.2. The molecule has 1 heterocycles. The van der Waals surface area contributed by atoms with E-state index in [9.17, 15) is 4.79 Å². The Kier molecular flexibility index (Phi) is 4.09. The number of benzene rings is 1. The van der Waals surface area contributed by atoms with Gasteiger partial charge in [-0.25, -0.2) is 0 Å². The van der Waals surface area contributed by atoms with Crippen LogP contribution in [0.15, 0.2) is 24.3 Å².